The molecule has 3 aromatic rings. The lowest BCUT2D eigenvalue weighted by molar-refractivity contribution is -0.138. The maximum absolute atomic E-state index is 14.7. The van der Waals surface area contributed by atoms with Crippen molar-refractivity contribution in [2.75, 3.05) is 11.9 Å². The fraction of sp³-hybridized carbons (Fsp3) is 0.286. The van der Waals surface area contributed by atoms with Gasteiger partial charge in [0.1, 0.15) is 5.82 Å². The molecular weight excluding hydrogens is 472 g/mol. The second kappa shape index (κ2) is 10.1. The number of aryl methyl sites for hydroxylation is 2. The second-order valence-electron chi connectivity index (χ2n) is 9.05. The number of rotatable bonds is 4. The number of likely N-dealkylation sites (tertiary alicyclic amines) is 1. The third kappa shape index (κ3) is 5.12. The molecule has 4 rings (SSSR count). The van der Waals surface area contributed by atoms with Crippen LogP contribution in [0, 0.1) is 25.6 Å². The largest absolute Gasteiger partial charge is 0.416 e. The molecule has 36 heavy (non-hydrogen) atoms. The molecule has 0 saturated carbocycles. The fourth-order valence-electron chi connectivity index (χ4n) is 4.85. The van der Waals surface area contributed by atoms with Crippen molar-refractivity contribution < 1.29 is 27.2 Å². The normalized spacial score (nSPS) is 18.1. The summed E-state index contributed by atoms with van der Waals surface area (Å²) in [5.41, 5.74) is 0.385. The first-order valence-corrected chi connectivity index (χ1v) is 11.7. The molecule has 2 amide bonds. The minimum Gasteiger partial charge on any atom is -0.331 e. The third-order valence-corrected chi connectivity index (χ3v) is 6.62. The first-order chi connectivity index (χ1) is 17.1. The first kappa shape index (κ1) is 25.4. The lowest BCUT2D eigenvalue weighted by Gasteiger charge is -2.41. The molecule has 8 heteroatoms. The van der Waals surface area contributed by atoms with E-state index in [1.165, 1.54) is 36.1 Å². The monoisotopic (exact) mass is 498 g/mol. The third-order valence-electron chi connectivity index (χ3n) is 6.62. The Labute approximate surface area is 206 Å². The van der Waals surface area contributed by atoms with E-state index in [0.717, 1.165) is 6.07 Å². The maximum atomic E-state index is 14.7. The number of anilines is 1. The molecular formula is C28H26F4N2O2. The zero-order chi connectivity index (χ0) is 26.0. The summed E-state index contributed by atoms with van der Waals surface area (Å²) in [5, 5.41) is 2.62. The number of carbonyl (C=O) groups excluding carboxylic acids is 2. The van der Waals surface area contributed by atoms with Gasteiger partial charge in [-0.05, 0) is 61.6 Å². The maximum Gasteiger partial charge on any atom is 0.416 e. The molecule has 1 fully saturated rings. The highest BCUT2D eigenvalue weighted by Gasteiger charge is 2.41. The van der Waals surface area contributed by atoms with Crippen molar-refractivity contribution in [1.29, 1.82) is 0 Å². The van der Waals surface area contributed by atoms with Crippen LogP contribution in [0.25, 0.3) is 0 Å². The minimum atomic E-state index is -4.55. The number of hydrogen-bond donors (Lipinski definition) is 1. The Morgan fingerprint density at radius 3 is 2.33 bits per heavy atom. The van der Waals surface area contributed by atoms with E-state index >= 15 is 0 Å². The topological polar surface area (TPSA) is 49.4 Å². The molecule has 0 radical (unpaired) electrons. The number of carbonyl (C=O) groups is 2. The van der Waals surface area contributed by atoms with Crippen LogP contribution in [0.3, 0.4) is 0 Å². The number of nitrogens with one attached hydrogen (secondary N) is 1. The smallest absolute Gasteiger partial charge is 0.331 e. The minimum absolute atomic E-state index is 0.0261. The Kier molecular flexibility index (Phi) is 7.15. The van der Waals surface area contributed by atoms with Crippen LogP contribution in [-0.2, 0) is 11.0 Å². The van der Waals surface area contributed by atoms with E-state index in [9.17, 15) is 27.2 Å². The molecule has 0 aromatic heterocycles. The lowest BCUT2D eigenvalue weighted by Crippen LogP contribution is -2.46. The number of alkyl halides is 3. The number of benzene rings is 3. The van der Waals surface area contributed by atoms with Gasteiger partial charge in [0.15, 0.2) is 0 Å². The molecule has 1 heterocycles. The first-order valence-electron chi connectivity index (χ1n) is 11.7. The van der Waals surface area contributed by atoms with Crippen LogP contribution in [0.4, 0.5) is 23.2 Å². The van der Waals surface area contributed by atoms with Crippen molar-refractivity contribution in [2.24, 2.45) is 5.92 Å². The predicted octanol–water partition coefficient (Wildman–Crippen LogP) is 6.69. The van der Waals surface area contributed by atoms with Gasteiger partial charge in [-0.1, -0.05) is 48.5 Å². The van der Waals surface area contributed by atoms with Crippen LogP contribution in [0.5, 0.6) is 0 Å². The number of amides is 2. The van der Waals surface area contributed by atoms with E-state index in [0.29, 0.717) is 30.5 Å². The average Bonchev–Trinajstić information content (AvgIpc) is 2.84. The van der Waals surface area contributed by atoms with Gasteiger partial charge in [0.05, 0.1) is 23.1 Å². The van der Waals surface area contributed by atoms with Crippen molar-refractivity contribution in [3.8, 4) is 0 Å². The zero-order valence-electron chi connectivity index (χ0n) is 19.9. The highest BCUT2D eigenvalue weighted by molar-refractivity contribution is 5.98. The Balaban J connectivity index is 1.69. The van der Waals surface area contributed by atoms with Gasteiger partial charge in [0.25, 0.3) is 5.91 Å². The van der Waals surface area contributed by atoms with Crippen LogP contribution in [0.1, 0.15) is 51.5 Å². The molecule has 1 aliphatic rings. The molecule has 1 aliphatic heterocycles. The Morgan fingerprint density at radius 1 is 0.944 bits per heavy atom. The summed E-state index contributed by atoms with van der Waals surface area (Å²) < 4.78 is 54.8. The van der Waals surface area contributed by atoms with Crippen LogP contribution in [0.15, 0.2) is 66.7 Å². The highest BCUT2D eigenvalue weighted by atomic mass is 19.4. The predicted molar refractivity (Wildman–Crippen MR) is 129 cm³/mol. The van der Waals surface area contributed by atoms with E-state index in [-0.39, 0.29) is 16.8 Å². The fourth-order valence-corrected chi connectivity index (χ4v) is 4.85. The average molecular weight is 499 g/mol. The number of halogens is 4. The number of nitrogens with zero attached hydrogens (tertiary/aromatic N) is 1. The van der Waals surface area contributed by atoms with Gasteiger partial charge in [0.2, 0.25) is 5.91 Å². The van der Waals surface area contributed by atoms with E-state index in [1.54, 1.807) is 43.3 Å². The van der Waals surface area contributed by atoms with Gasteiger partial charge in [-0.2, -0.15) is 13.2 Å². The Bertz CT molecular complexity index is 1250. The molecule has 2 atom stereocenters. The molecule has 188 valence electrons. The van der Waals surface area contributed by atoms with Crippen LogP contribution in [0.2, 0.25) is 0 Å². The second-order valence-corrected chi connectivity index (χ2v) is 9.05. The summed E-state index contributed by atoms with van der Waals surface area (Å²) in [5.74, 6) is -2.40. The summed E-state index contributed by atoms with van der Waals surface area (Å²) in [4.78, 5) is 28.5. The molecule has 0 bridgehead atoms. The molecule has 1 N–H and O–H groups in total. The summed E-state index contributed by atoms with van der Waals surface area (Å²) in [7, 11) is 0. The number of piperidine rings is 1. The molecule has 1 saturated heterocycles. The standard InChI is InChI=1S/C28H26F4N2O2/c1-17-13-14-20(16-22(17)28(30,31)32)33-26(35)21-11-7-15-34(25(21)19-9-4-3-5-10-19)27(36)24-18(2)8-6-12-23(24)29/h3-6,8-10,12-14,16,21,25H,7,11,15H2,1-2H3,(H,33,35)/t21?,25-/m0/s1. The van der Waals surface area contributed by atoms with Crippen molar-refractivity contribution in [2.45, 2.75) is 38.9 Å². The van der Waals surface area contributed by atoms with Gasteiger partial charge in [-0.15, -0.1) is 0 Å². The van der Waals surface area contributed by atoms with Crippen LogP contribution < -0.4 is 5.32 Å². The van der Waals surface area contributed by atoms with Crippen LogP contribution in [-0.4, -0.2) is 23.3 Å². The van der Waals surface area contributed by atoms with Crippen molar-refractivity contribution >= 4 is 17.5 Å². The van der Waals surface area contributed by atoms with Gasteiger partial charge in [0, 0.05) is 12.2 Å². The summed E-state index contributed by atoms with van der Waals surface area (Å²) in [6.07, 6.45) is -3.64. The summed E-state index contributed by atoms with van der Waals surface area (Å²) >= 11 is 0. The van der Waals surface area contributed by atoms with Crippen molar-refractivity contribution in [1.82, 2.24) is 4.90 Å². The van der Waals surface area contributed by atoms with Crippen molar-refractivity contribution in [3.63, 3.8) is 0 Å². The van der Waals surface area contributed by atoms with Gasteiger partial charge >= 0.3 is 6.18 Å². The van der Waals surface area contributed by atoms with E-state index in [1.807, 2.05) is 0 Å². The Morgan fingerprint density at radius 2 is 1.67 bits per heavy atom. The van der Waals surface area contributed by atoms with Crippen molar-refractivity contribution in [3.05, 3.63) is 100 Å². The van der Waals surface area contributed by atoms with Gasteiger partial charge in [-0.3, -0.25) is 9.59 Å². The molecule has 4 nitrogen and oxygen atoms in total. The van der Waals surface area contributed by atoms with E-state index in [2.05, 4.69) is 5.32 Å². The lowest BCUT2D eigenvalue weighted by atomic mass is 9.83. The zero-order valence-corrected chi connectivity index (χ0v) is 19.9. The van der Waals surface area contributed by atoms with E-state index < -0.39 is 41.3 Å². The SMILES string of the molecule is Cc1ccc(NC(=O)C2CCCN(C(=O)c3c(C)cccc3F)[C@H]2c2ccccc2)cc1C(F)(F)F. The highest BCUT2D eigenvalue weighted by Crippen LogP contribution is 2.39. The molecule has 0 aliphatic carbocycles. The summed E-state index contributed by atoms with van der Waals surface area (Å²) in [6, 6.07) is 16.3. The van der Waals surface area contributed by atoms with Gasteiger partial charge < -0.3 is 10.2 Å². The molecule has 1 unspecified atom stereocenters. The quantitative estimate of drug-likeness (QED) is 0.407. The number of hydrogen-bond acceptors (Lipinski definition) is 2. The summed E-state index contributed by atoms with van der Waals surface area (Å²) in [6.45, 7) is 3.32. The molecule has 3 aromatic carbocycles. The Hall–Kier alpha value is -3.68. The van der Waals surface area contributed by atoms with Gasteiger partial charge in [-0.25, -0.2) is 4.39 Å². The van der Waals surface area contributed by atoms with E-state index in [4.69, 9.17) is 0 Å². The molecule has 0 spiro atoms. The van der Waals surface area contributed by atoms with Crippen LogP contribution >= 0.6 is 0 Å².